The van der Waals surface area contributed by atoms with E-state index < -0.39 is 0 Å². The highest BCUT2D eigenvalue weighted by Crippen LogP contribution is 2.09. The lowest BCUT2D eigenvalue weighted by Gasteiger charge is -2.16. The van der Waals surface area contributed by atoms with Crippen LogP contribution >= 0.6 is 0 Å². The Morgan fingerprint density at radius 1 is 1.11 bits per heavy atom. The molecule has 0 spiro atoms. The van der Waals surface area contributed by atoms with Gasteiger partial charge in [0.05, 0.1) is 5.69 Å². The SMILES string of the molecule is Cc1cccc(CN(C)Cc2ccc(CN)cn2)c1. The summed E-state index contributed by atoms with van der Waals surface area (Å²) in [6.07, 6.45) is 1.86. The number of nitrogens with two attached hydrogens (primary N) is 1. The second kappa shape index (κ2) is 6.45. The number of aromatic nitrogens is 1. The van der Waals surface area contributed by atoms with Crippen LogP contribution in [0.3, 0.4) is 0 Å². The van der Waals surface area contributed by atoms with Crippen LogP contribution in [0.2, 0.25) is 0 Å². The highest BCUT2D eigenvalue weighted by Gasteiger charge is 2.03. The summed E-state index contributed by atoms with van der Waals surface area (Å²) in [5.41, 5.74) is 10.4. The maximum absolute atomic E-state index is 5.57. The normalized spacial score (nSPS) is 10.9. The number of rotatable bonds is 5. The van der Waals surface area contributed by atoms with Crippen molar-refractivity contribution in [2.75, 3.05) is 7.05 Å². The molecule has 0 fully saturated rings. The number of aryl methyl sites for hydroxylation is 1. The van der Waals surface area contributed by atoms with Gasteiger partial charge in [0.15, 0.2) is 0 Å². The maximum Gasteiger partial charge on any atom is 0.0544 e. The molecule has 0 bridgehead atoms. The maximum atomic E-state index is 5.57. The van der Waals surface area contributed by atoms with Crippen LogP contribution in [0.4, 0.5) is 0 Å². The van der Waals surface area contributed by atoms with E-state index in [1.807, 2.05) is 12.3 Å². The van der Waals surface area contributed by atoms with Crippen LogP contribution in [0.5, 0.6) is 0 Å². The van der Waals surface area contributed by atoms with E-state index in [1.54, 1.807) is 0 Å². The molecular weight excluding hydrogens is 234 g/mol. The topological polar surface area (TPSA) is 42.1 Å². The third-order valence-electron chi connectivity index (χ3n) is 3.09. The van der Waals surface area contributed by atoms with Gasteiger partial charge in [-0.15, -0.1) is 0 Å². The smallest absolute Gasteiger partial charge is 0.0544 e. The molecule has 2 rings (SSSR count). The van der Waals surface area contributed by atoms with Gasteiger partial charge in [-0.2, -0.15) is 0 Å². The summed E-state index contributed by atoms with van der Waals surface area (Å²) >= 11 is 0. The largest absolute Gasteiger partial charge is 0.326 e. The standard InChI is InChI=1S/C16H21N3/c1-13-4-3-5-14(8-13)11-19(2)12-16-7-6-15(9-17)10-18-16/h3-8,10H,9,11-12,17H2,1-2H3. The molecule has 0 radical (unpaired) electrons. The molecule has 1 aromatic carbocycles. The van der Waals surface area contributed by atoms with Gasteiger partial charge in [-0.05, 0) is 31.2 Å². The highest BCUT2D eigenvalue weighted by atomic mass is 15.1. The predicted octanol–water partition coefficient (Wildman–Crippen LogP) is 2.48. The molecule has 3 nitrogen and oxygen atoms in total. The van der Waals surface area contributed by atoms with Gasteiger partial charge < -0.3 is 5.73 Å². The number of nitrogens with zero attached hydrogens (tertiary/aromatic N) is 2. The van der Waals surface area contributed by atoms with Gasteiger partial charge in [-0.3, -0.25) is 9.88 Å². The van der Waals surface area contributed by atoms with E-state index in [0.29, 0.717) is 6.54 Å². The van der Waals surface area contributed by atoms with E-state index in [0.717, 1.165) is 24.3 Å². The van der Waals surface area contributed by atoms with Gasteiger partial charge in [0.2, 0.25) is 0 Å². The molecule has 3 heteroatoms. The number of benzene rings is 1. The third-order valence-corrected chi connectivity index (χ3v) is 3.09. The van der Waals surface area contributed by atoms with Gasteiger partial charge in [0, 0.05) is 25.8 Å². The van der Waals surface area contributed by atoms with Crippen LogP contribution in [0.1, 0.15) is 22.4 Å². The summed E-state index contributed by atoms with van der Waals surface area (Å²) in [4.78, 5) is 6.69. The van der Waals surface area contributed by atoms with Crippen LogP contribution in [0, 0.1) is 6.92 Å². The fraction of sp³-hybridized carbons (Fsp3) is 0.312. The third kappa shape index (κ3) is 4.16. The molecule has 19 heavy (non-hydrogen) atoms. The second-order valence-electron chi connectivity index (χ2n) is 5.02. The molecule has 0 aliphatic rings. The van der Waals surface area contributed by atoms with E-state index in [4.69, 9.17) is 5.73 Å². The molecule has 1 aromatic heterocycles. The van der Waals surface area contributed by atoms with Gasteiger partial charge in [-0.1, -0.05) is 35.9 Å². The van der Waals surface area contributed by atoms with Crippen molar-refractivity contribution in [3.05, 3.63) is 65.0 Å². The zero-order valence-electron chi connectivity index (χ0n) is 11.6. The first-order valence-electron chi connectivity index (χ1n) is 6.55. The summed E-state index contributed by atoms with van der Waals surface area (Å²) < 4.78 is 0. The molecule has 0 saturated heterocycles. The molecule has 1 heterocycles. The highest BCUT2D eigenvalue weighted by molar-refractivity contribution is 5.22. The van der Waals surface area contributed by atoms with E-state index in [1.165, 1.54) is 11.1 Å². The van der Waals surface area contributed by atoms with E-state index in [-0.39, 0.29) is 0 Å². The molecule has 0 aliphatic heterocycles. The van der Waals surface area contributed by atoms with Gasteiger partial charge in [0.1, 0.15) is 0 Å². The zero-order valence-corrected chi connectivity index (χ0v) is 11.6. The summed E-state index contributed by atoms with van der Waals surface area (Å²) in [6.45, 7) is 4.45. The van der Waals surface area contributed by atoms with E-state index >= 15 is 0 Å². The molecule has 0 saturated carbocycles. The van der Waals surface area contributed by atoms with Crippen molar-refractivity contribution < 1.29 is 0 Å². The Morgan fingerprint density at radius 3 is 2.58 bits per heavy atom. The molecule has 0 aliphatic carbocycles. The minimum atomic E-state index is 0.548. The fourth-order valence-electron chi connectivity index (χ4n) is 2.12. The van der Waals surface area contributed by atoms with Crippen molar-refractivity contribution in [1.29, 1.82) is 0 Å². The van der Waals surface area contributed by atoms with Crippen LogP contribution in [0.15, 0.2) is 42.6 Å². The molecule has 0 unspecified atom stereocenters. The Hall–Kier alpha value is -1.71. The zero-order chi connectivity index (χ0) is 13.7. The Bertz CT molecular complexity index is 520. The lowest BCUT2D eigenvalue weighted by molar-refractivity contribution is 0.315. The van der Waals surface area contributed by atoms with Gasteiger partial charge >= 0.3 is 0 Å². The van der Waals surface area contributed by atoms with Crippen molar-refractivity contribution >= 4 is 0 Å². The number of hydrogen-bond donors (Lipinski definition) is 1. The quantitative estimate of drug-likeness (QED) is 0.892. The van der Waals surface area contributed by atoms with Gasteiger partial charge in [0.25, 0.3) is 0 Å². The lowest BCUT2D eigenvalue weighted by atomic mass is 10.1. The predicted molar refractivity (Wildman–Crippen MR) is 78.5 cm³/mol. The average Bonchev–Trinajstić information content (AvgIpc) is 2.39. The van der Waals surface area contributed by atoms with Crippen LogP contribution in [-0.4, -0.2) is 16.9 Å². The van der Waals surface area contributed by atoms with Crippen LogP contribution < -0.4 is 5.73 Å². The van der Waals surface area contributed by atoms with E-state index in [9.17, 15) is 0 Å². The molecule has 2 N–H and O–H groups in total. The van der Waals surface area contributed by atoms with Crippen molar-refractivity contribution in [2.45, 2.75) is 26.6 Å². The Morgan fingerprint density at radius 2 is 1.95 bits per heavy atom. The summed E-state index contributed by atoms with van der Waals surface area (Å²) in [6, 6.07) is 12.7. The molecular formula is C16H21N3. The Labute approximate surface area is 115 Å². The Balaban J connectivity index is 1.95. The van der Waals surface area contributed by atoms with Crippen LogP contribution in [0.25, 0.3) is 0 Å². The van der Waals surface area contributed by atoms with Crippen molar-refractivity contribution in [3.8, 4) is 0 Å². The number of pyridine rings is 1. The first kappa shape index (κ1) is 13.7. The first-order chi connectivity index (χ1) is 9.17. The summed E-state index contributed by atoms with van der Waals surface area (Å²) in [5.74, 6) is 0. The average molecular weight is 255 g/mol. The van der Waals surface area contributed by atoms with Gasteiger partial charge in [-0.25, -0.2) is 0 Å². The molecule has 100 valence electrons. The van der Waals surface area contributed by atoms with E-state index in [2.05, 4.69) is 54.2 Å². The number of hydrogen-bond acceptors (Lipinski definition) is 3. The van der Waals surface area contributed by atoms with Crippen LogP contribution in [-0.2, 0) is 19.6 Å². The van der Waals surface area contributed by atoms with Crippen molar-refractivity contribution in [3.63, 3.8) is 0 Å². The van der Waals surface area contributed by atoms with Crippen molar-refractivity contribution in [1.82, 2.24) is 9.88 Å². The minimum absolute atomic E-state index is 0.548. The summed E-state index contributed by atoms with van der Waals surface area (Å²) in [5, 5.41) is 0. The second-order valence-corrected chi connectivity index (χ2v) is 5.02. The first-order valence-corrected chi connectivity index (χ1v) is 6.55. The summed E-state index contributed by atoms with van der Waals surface area (Å²) in [7, 11) is 2.11. The lowest BCUT2D eigenvalue weighted by Crippen LogP contribution is -2.18. The Kier molecular flexibility index (Phi) is 4.66. The fourth-order valence-corrected chi connectivity index (χ4v) is 2.12. The molecule has 2 aromatic rings. The van der Waals surface area contributed by atoms with Crippen molar-refractivity contribution in [2.24, 2.45) is 5.73 Å². The molecule has 0 atom stereocenters. The molecule has 0 amide bonds. The monoisotopic (exact) mass is 255 g/mol. The minimum Gasteiger partial charge on any atom is -0.326 e.